The predicted molar refractivity (Wildman–Crippen MR) is 165 cm³/mol. The fraction of sp³-hybridized carbons (Fsp3) is 0.235. The first-order valence-electron chi connectivity index (χ1n) is 14.2. The van der Waals surface area contributed by atoms with E-state index in [-0.39, 0.29) is 35.8 Å². The third-order valence-corrected chi connectivity index (χ3v) is 7.24. The van der Waals surface area contributed by atoms with Crippen LogP contribution in [-0.2, 0) is 13.1 Å². The molecule has 0 heterocycles. The average molecular weight is 565 g/mol. The number of hydrogen-bond acceptors (Lipinski definition) is 8. The van der Waals surface area contributed by atoms with Gasteiger partial charge in [-0.3, -0.25) is 9.59 Å². The molecule has 1 aliphatic carbocycles. The van der Waals surface area contributed by atoms with Crippen molar-refractivity contribution in [1.82, 2.24) is 10.6 Å². The lowest BCUT2D eigenvalue weighted by Crippen LogP contribution is -2.33. The first kappa shape index (κ1) is 29.2. The molecule has 0 radical (unpaired) electrons. The highest BCUT2D eigenvalue weighted by Gasteiger charge is 2.34. The molecule has 2 atom stereocenters. The molecule has 0 aromatic heterocycles. The molecule has 6 N–H and O–H groups in total. The molecule has 0 saturated heterocycles. The Kier molecular flexibility index (Phi) is 9.74. The summed E-state index contributed by atoms with van der Waals surface area (Å²) in [5.41, 5.74) is 4.45. The second kappa shape index (κ2) is 14.0. The van der Waals surface area contributed by atoms with Crippen LogP contribution in [0.15, 0.2) is 97.1 Å². The van der Waals surface area contributed by atoms with Crippen LogP contribution < -0.4 is 21.3 Å². The summed E-state index contributed by atoms with van der Waals surface area (Å²) in [5.74, 6) is -0.513. The number of hydrogen-bond donors (Lipinski definition) is 6. The topological polar surface area (TPSA) is 123 Å². The molecular formula is C34H36N4O4. The van der Waals surface area contributed by atoms with Crippen molar-refractivity contribution in [3.63, 3.8) is 0 Å². The van der Waals surface area contributed by atoms with Crippen molar-refractivity contribution in [2.45, 2.75) is 25.3 Å². The summed E-state index contributed by atoms with van der Waals surface area (Å²) in [6.07, 6.45) is -1.44. The third kappa shape index (κ3) is 7.10. The maximum Gasteiger partial charge on any atom is 0.196 e. The molecule has 42 heavy (non-hydrogen) atoms. The Morgan fingerprint density at radius 3 is 1.29 bits per heavy atom. The molecule has 0 saturated carbocycles. The minimum absolute atomic E-state index is 0.190. The summed E-state index contributed by atoms with van der Waals surface area (Å²) in [4.78, 5) is 27.3. The number of rotatable bonds is 14. The SMILES string of the molecule is O=C1c2ccccc2C(=O)c2c(NCC(O)CNCc3ccccc3)ccc(NCC(O)CNCc3ccccc3)c21. The van der Waals surface area contributed by atoms with Crippen molar-refractivity contribution in [3.8, 4) is 0 Å². The molecular weight excluding hydrogens is 528 g/mol. The van der Waals surface area contributed by atoms with E-state index in [1.165, 1.54) is 0 Å². The van der Waals surface area contributed by atoms with E-state index in [1.807, 2.05) is 60.7 Å². The summed E-state index contributed by atoms with van der Waals surface area (Å²) in [5, 5.41) is 34.0. The van der Waals surface area contributed by atoms with E-state index < -0.39 is 12.2 Å². The second-order valence-corrected chi connectivity index (χ2v) is 10.4. The smallest absolute Gasteiger partial charge is 0.196 e. The van der Waals surface area contributed by atoms with E-state index in [9.17, 15) is 19.8 Å². The molecule has 1 aliphatic rings. The Morgan fingerprint density at radius 2 is 0.881 bits per heavy atom. The maximum absolute atomic E-state index is 13.7. The number of carbonyl (C=O) groups excluding carboxylic acids is 2. The van der Waals surface area contributed by atoms with Crippen LogP contribution >= 0.6 is 0 Å². The molecule has 0 fully saturated rings. The van der Waals surface area contributed by atoms with Gasteiger partial charge in [0.1, 0.15) is 0 Å². The third-order valence-electron chi connectivity index (χ3n) is 7.24. The van der Waals surface area contributed by atoms with Crippen LogP contribution in [0.25, 0.3) is 0 Å². The summed E-state index contributed by atoms with van der Waals surface area (Å²) in [7, 11) is 0. The number of nitrogens with one attached hydrogen (secondary N) is 4. The van der Waals surface area contributed by atoms with E-state index in [2.05, 4.69) is 21.3 Å². The van der Waals surface area contributed by atoms with E-state index in [0.717, 1.165) is 11.1 Å². The first-order chi connectivity index (χ1) is 20.5. The van der Waals surface area contributed by atoms with Gasteiger partial charge in [-0.2, -0.15) is 0 Å². The van der Waals surface area contributed by atoms with Crippen LogP contribution in [-0.4, -0.2) is 60.2 Å². The van der Waals surface area contributed by atoms with Crippen molar-refractivity contribution in [3.05, 3.63) is 130 Å². The predicted octanol–water partition coefficient (Wildman–Crippen LogP) is 3.59. The number of ketones is 2. The van der Waals surface area contributed by atoms with Gasteiger partial charge in [0, 0.05) is 61.8 Å². The van der Waals surface area contributed by atoms with E-state index in [1.54, 1.807) is 36.4 Å². The standard InChI is InChI=1S/C34H36N4O4/c39-25(19-35-17-23-9-3-1-4-10-23)21-37-29-15-16-30(38-22-26(40)20-36-18-24-11-5-2-6-12-24)32-31(29)33(41)27-13-7-8-14-28(27)34(32)42/h1-16,25-26,35-40H,17-22H2. The molecule has 8 nitrogen and oxygen atoms in total. The highest BCUT2D eigenvalue weighted by molar-refractivity contribution is 6.31. The van der Waals surface area contributed by atoms with Crippen molar-refractivity contribution >= 4 is 22.9 Å². The van der Waals surface area contributed by atoms with E-state index in [4.69, 9.17) is 0 Å². The zero-order valence-electron chi connectivity index (χ0n) is 23.3. The molecule has 216 valence electrons. The fourth-order valence-electron chi connectivity index (χ4n) is 5.08. The van der Waals surface area contributed by atoms with Crippen LogP contribution in [0.2, 0.25) is 0 Å². The zero-order chi connectivity index (χ0) is 29.3. The van der Waals surface area contributed by atoms with Gasteiger partial charge in [-0.15, -0.1) is 0 Å². The van der Waals surface area contributed by atoms with Crippen molar-refractivity contribution in [2.75, 3.05) is 36.8 Å². The largest absolute Gasteiger partial charge is 0.390 e. The lowest BCUT2D eigenvalue weighted by Gasteiger charge is -2.25. The van der Waals surface area contributed by atoms with Gasteiger partial charge in [0.25, 0.3) is 0 Å². The Bertz CT molecular complexity index is 1400. The quantitative estimate of drug-likeness (QED) is 0.121. The molecule has 8 heteroatoms. The van der Waals surface area contributed by atoms with E-state index in [0.29, 0.717) is 48.7 Å². The Morgan fingerprint density at radius 1 is 0.500 bits per heavy atom. The Labute approximate surface area is 245 Å². The van der Waals surface area contributed by atoms with Gasteiger partial charge in [-0.1, -0.05) is 84.9 Å². The minimum atomic E-state index is -0.720. The normalized spacial score (nSPS) is 13.7. The highest BCUT2D eigenvalue weighted by atomic mass is 16.3. The van der Waals surface area contributed by atoms with Gasteiger partial charge in [-0.25, -0.2) is 0 Å². The van der Waals surface area contributed by atoms with Gasteiger partial charge in [-0.05, 0) is 23.3 Å². The summed E-state index contributed by atoms with van der Waals surface area (Å²) >= 11 is 0. The highest BCUT2D eigenvalue weighted by Crippen LogP contribution is 2.36. The Hall–Kier alpha value is -4.34. The van der Waals surface area contributed by atoms with Crippen LogP contribution in [0.1, 0.15) is 43.0 Å². The lowest BCUT2D eigenvalue weighted by atomic mass is 9.82. The van der Waals surface area contributed by atoms with Crippen LogP contribution in [0.5, 0.6) is 0 Å². The number of anilines is 2. The first-order valence-corrected chi connectivity index (χ1v) is 14.2. The van der Waals surface area contributed by atoms with Crippen molar-refractivity contribution in [2.24, 2.45) is 0 Å². The molecule has 2 unspecified atom stereocenters. The number of aliphatic hydroxyl groups is 2. The average Bonchev–Trinajstić information content (AvgIpc) is 3.02. The minimum Gasteiger partial charge on any atom is -0.390 e. The fourth-order valence-corrected chi connectivity index (χ4v) is 5.08. The van der Waals surface area contributed by atoms with Crippen LogP contribution in [0.4, 0.5) is 11.4 Å². The van der Waals surface area contributed by atoms with Crippen LogP contribution in [0.3, 0.4) is 0 Å². The summed E-state index contributed by atoms with van der Waals surface area (Å²) in [6, 6.07) is 30.1. The molecule has 5 rings (SSSR count). The number of carbonyl (C=O) groups is 2. The molecule has 0 bridgehead atoms. The molecule has 0 amide bonds. The van der Waals surface area contributed by atoms with Crippen molar-refractivity contribution in [1.29, 1.82) is 0 Å². The Balaban J connectivity index is 1.26. The number of benzene rings is 4. The second-order valence-electron chi connectivity index (χ2n) is 10.4. The number of aliphatic hydroxyl groups excluding tert-OH is 2. The molecule has 0 aliphatic heterocycles. The number of fused-ring (bicyclic) bond motifs is 2. The van der Waals surface area contributed by atoms with Gasteiger partial charge < -0.3 is 31.5 Å². The van der Waals surface area contributed by atoms with Gasteiger partial charge in [0.15, 0.2) is 11.6 Å². The van der Waals surface area contributed by atoms with Gasteiger partial charge >= 0.3 is 0 Å². The lowest BCUT2D eigenvalue weighted by molar-refractivity contribution is 0.0980. The summed E-state index contributed by atoms with van der Waals surface area (Å²) < 4.78 is 0. The molecule has 4 aromatic rings. The van der Waals surface area contributed by atoms with Crippen molar-refractivity contribution < 1.29 is 19.8 Å². The van der Waals surface area contributed by atoms with Gasteiger partial charge in [0.05, 0.1) is 23.3 Å². The van der Waals surface area contributed by atoms with E-state index >= 15 is 0 Å². The van der Waals surface area contributed by atoms with Gasteiger partial charge in [0.2, 0.25) is 0 Å². The maximum atomic E-state index is 13.7. The molecule has 0 spiro atoms. The summed E-state index contributed by atoms with van der Waals surface area (Å²) in [6.45, 7) is 2.35. The van der Waals surface area contributed by atoms with Crippen LogP contribution in [0, 0.1) is 0 Å². The monoisotopic (exact) mass is 564 g/mol. The molecule has 4 aromatic carbocycles. The zero-order valence-corrected chi connectivity index (χ0v) is 23.3.